The van der Waals surface area contributed by atoms with Gasteiger partial charge in [0.05, 0.1) is 16.1 Å². The number of hydrogen-bond donors (Lipinski definition) is 1. The SMILES string of the molecule is CC[C@H](C)NC(=O)[C@@H](Cc1ccccc1)N(Cc1ccc(Cl)cc1)C(=O)CN(c1cccc(C(F)(F)F)c1)S(=O)(=O)c1ccccc1. The molecule has 0 radical (unpaired) electrons. The van der Waals surface area contributed by atoms with Crippen LogP contribution in [-0.4, -0.2) is 43.8 Å². The number of alkyl halides is 3. The fraction of sp³-hybridized carbons (Fsp3) is 0.257. The maximum atomic E-state index is 14.4. The summed E-state index contributed by atoms with van der Waals surface area (Å²) in [4.78, 5) is 29.3. The van der Waals surface area contributed by atoms with Crippen LogP contribution in [0.4, 0.5) is 18.9 Å². The Balaban J connectivity index is 1.84. The zero-order valence-corrected chi connectivity index (χ0v) is 27.4. The molecule has 1 N–H and O–H groups in total. The second kappa shape index (κ2) is 15.5. The average Bonchev–Trinajstić information content (AvgIpc) is 3.06. The Hall–Kier alpha value is -4.35. The molecule has 0 unspecified atom stereocenters. The molecule has 0 heterocycles. The van der Waals surface area contributed by atoms with Crippen molar-refractivity contribution in [3.8, 4) is 0 Å². The van der Waals surface area contributed by atoms with Crippen LogP contribution in [0.25, 0.3) is 0 Å². The third-order valence-electron chi connectivity index (χ3n) is 7.61. The molecule has 4 aromatic rings. The minimum absolute atomic E-state index is 0.0947. The third-order valence-corrected chi connectivity index (χ3v) is 9.65. The van der Waals surface area contributed by atoms with Crippen molar-refractivity contribution in [1.82, 2.24) is 10.2 Å². The van der Waals surface area contributed by atoms with Crippen molar-refractivity contribution in [3.05, 3.63) is 131 Å². The van der Waals surface area contributed by atoms with Gasteiger partial charge in [-0.15, -0.1) is 0 Å². The Labute approximate surface area is 278 Å². The number of amides is 2. The molecule has 0 saturated heterocycles. The van der Waals surface area contributed by atoms with Gasteiger partial charge in [-0.25, -0.2) is 8.42 Å². The lowest BCUT2D eigenvalue weighted by molar-refractivity contribution is -0.140. The molecule has 0 aliphatic rings. The summed E-state index contributed by atoms with van der Waals surface area (Å²) in [7, 11) is -4.55. The van der Waals surface area contributed by atoms with Gasteiger partial charge in [-0.3, -0.25) is 13.9 Å². The van der Waals surface area contributed by atoms with Gasteiger partial charge in [0.1, 0.15) is 12.6 Å². The van der Waals surface area contributed by atoms with E-state index in [9.17, 15) is 31.2 Å². The molecule has 0 aliphatic carbocycles. The van der Waals surface area contributed by atoms with Gasteiger partial charge in [-0.2, -0.15) is 13.2 Å². The van der Waals surface area contributed by atoms with Crippen LogP contribution in [-0.2, 0) is 38.8 Å². The molecule has 7 nitrogen and oxygen atoms in total. The molecule has 4 rings (SSSR count). The highest BCUT2D eigenvalue weighted by Crippen LogP contribution is 2.33. The minimum Gasteiger partial charge on any atom is -0.352 e. The largest absolute Gasteiger partial charge is 0.416 e. The van der Waals surface area contributed by atoms with E-state index in [-0.39, 0.29) is 29.6 Å². The number of sulfonamides is 1. The molecule has 0 bridgehead atoms. The van der Waals surface area contributed by atoms with E-state index in [1.54, 1.807) is 42.5 Å². The normalized spacial score (nSPS) is 13.0. The van der Waals surface area contributed by atoms with Crippen molar-refractivity contribution >= 4 is 39.1 Å². The fourth-order valence-electron chi connectivity index (χ4n) is 4.87. The van der Waals surface area contributed by atoms with Gasteiger partial charge in [0.2, 0.25) is 11.8 Å². The van der Waals surface area contributed by atoms with Crippen molar-refractivity contribution in [2.45, 2.75) is 56.4 Å². The summed E-state index contributed by atoms with van der Waals surface area (Å²) in [5, 5.41) is 3.39. The van der Waals surface area contributed by atoms with Crippen LogP contribution in [0, 0.1) is 0 Å². The number of anilines is 1. The lowest BCUT2D eigenvalue weighted by atomic mass is 10.0. The van der Waals surface area contributed by atoms with Gasteiger partial charge >= 0.3 is 6.18 Å². The standard InChI is InChI=1S/C35H35ClF3N3O4S/c1-3-25(2)40-34(44)32(21-26-11-6-4-7-12-26)41(23-27-17-19-29(36)20-18-27)33(43)24-42(47(45,46)31-15-8-5-9-16-31)30-14-10-13-28(22-30)35(37,38)39/h4-20,22,25,32H,3,21,23-24H2,1-2H3,(H,40,44)/t25-,32+/m0/s1. The van der Waals surface area contributed by atoms with Crippen molar-refractivity contribution in [3.63, 3.8) is 0 Å². The molecule has 0 saturated carbocycles. The molecule has 248 valence electrons. The molecule has 2 atom stereocenters. The summed E-state index contributed by atoms with van der Waals surface area (Å²) in [6.45, 7) is 2.73. The fourth-order valence-corrected chi connectivity index (χ4v) is 6.42. The van der Waals surface area contributed by atoms with Gasteiger partial charge in [0, 0.05) is 24.0 Å². The van der Waals surface area contributed by atoms with E-state index >= 15 is 0 Å². The van der Waals surface area contributed by atoms with Crippen LogP contribution in [0.15, 0.2) is 114 Å². The summed E-state index contributed by atoms with van der Waals surface area (Å²) in [6.07, 6.45) is -4.05. The van der Waals surface area contributed by atoms with E-state index in [1.807, 2.05) is 32.0 Å². The summed E-state index contributed by atoms with van der Waals surface area (Å²) >= 11 is 6.10. The zero-order chi connectivity index (χ0) is 34.2. The van der Waals surface area contributed by atoms with Crippen LogP contribution in [0.2, 0.25) is 5.02 Å². The number of nitrogens with one attached hydrogen (secondary N) is 1. The Morgan fingerprint density at radius 3 is 2.06 bits per heavy atom. The highest BCUT2D eigenvalue weighted by atomic mass is 35.5. The van der Waals surface area contributed by atoms with E-state index in [1.165, 1.54) is 35.2 Å². The first kappa shape index (κ1) is 35.5. The number of carbonyl (C=O) groups is 2. The Bertz CT molecular complexity index is 1760. The van der Waals surface area contributed by atoms with E-state index in [4.69, 9.17) is 11.6 Å². The molecule has 0 aromatic heterocycles. The monoisotopic (exact) mass is 685 g/mol. The number of carbonyl (C=O) groups excluding carboxylic acids is 2. The van der Waals surface area contributed by atoms with E-state index < -0.39 is 46.2 Å². The molecular formula is C35H35ClF3N3O4S. The summed E-state index contributed by atoms with van der Waals surface area (Å²) in [5.41, 5.74) is -0.0817. The maximum absolute atomic E-state index is 14.4. The van der Waals surface area contributed by atoms with Crippen molar-refractivity contribution in [2.75, 3.05) is 10.8 Å². The number of benzene rings is 4. The van der Waals surface area contributed by atoms with Crippen molar-refractivity contribution in [1.29, 1.82) is 0 Å². The molecule has 47 heavy (non-hydrogen) atoms. The van der Waals surface area contributed by atoms with Crippen molar-refractivity contribution < 1.29 is 31.2 Å². The first-order valence-electron chi connectivity index (χ1n) is 14.9. The number of nitrogens with zero attached hydrogens (tertiary/aromatic N) is 2. The quantitative estimate of drug-likeness (QED) is 0.163. The first-order chi connectivity index (χ1) is 22.3. The van der Waals surface area contributed by atoms with E-state index in [0.717, 1.165) is 17.7 Å². The molecule has 0 spiro atoms. The summed E-state index contributed by atoms with van der Waals surface area (Å²) in [5.74, 6) is -1.25. The molecular weight excluding hydrogens is 651 g/mol. The van der Waals surface area contributed by atoms with Crippen LogP contribution >= 0.6 is 11.6 Å². The zero-order valence-electron chi connectivity index (χ0n) is 25.8. The van der Waals surface area contributed by atoms with Crippen LogP contribution in [0.1, 0.15) is 37.0 Å². The van der Waals surface area contributed by atoms with Crippen LogP contribution in [0.3, 0.4) is 0 Å². The Morgan fingerprint density at radius 2 is 1.47 bits per heavy atom. The van der Waals surface area contributed by atoms with Gasteiger partial charge in [0.15, 0.2) is 0 Å². The average molecular weight is 686 g/mol. The van der Waals surface area contributed by atoms with E-state index in [0.29, 0.717) is 27.4 Å². The van der Waals surface area contributed by atoms with Gasteiger partial charge < -0.3 is 10.2 Å². The maximum Gasteiger partial charge on any atom is 0.416 e. The van der Waals surface area contributed by atoms with Gasteiger partial charge in [-0.1, -0.05) is 85.3 Å². The number of hydrogen-bond acceptors (Lipinski definition) is 4. The first-order valence-corrected chi connectivity index (χ1v) is 16.7. The summed E-state index contributed by atoms with van der Waals surface area (Å²) < 4.78 is 69.9. The third kappa shape index (κ3) is 9.36. The number of rotatable bonds is 13. The van der Waals surface area contributed by atoms with Gasteiger partial charge in [0.25, 0.3) is 10.0 Å². The van der Waals surface area contributed by atoms with Crippen LogP contribution < -0.4 is 9.62 Å². The predicted octanol–water partition coefficient (Wildman–Crippen LogP) is 7.11. The summed E-state index contributed by atoms with van der Waals surface area (Å²) in [6, 6.07) is 25.2. The molecule has 12 heteroatoms. The molecule has 0 aliphatic heterocycles. The Morgan fingerprint density at radius 1 is 0.851 bits per heavy atom. The van der Waals surface area contributed by atoms with Crippen molar-refractivity contribution in [2.24, 2.45) is 0 Å². The van der Waals surface area contributed by atoms with Gasteiger partial charge in [-0.05, 0) is 66.9 Å². The lowest BCUT2D eigenvalue weighted by Crippen LogP contribution is -2.54. The topological polar surface area (TPSA) is 86.8 Å². The Kier molecular flexibility index (Phi) is 11.7. The van der Waals surface area contributed by atoms with Crippen LogP contribution in [0.5, 0.6) is 0 Å². The molecule has 0 fully saturated rings. The second-order valence-electron chi connectivity index (χ2n) is 11.0. The number of halogens is 4. The smallest absolute Gasteiger partial charge is 0.352 e. The second-order valence-corrected chi connectivity index (χ2v) is 13.3. The predicted molar refractivity (Wildman–Crippen MR) is 176 cm³/mol. The molecule has 4 aromatic carbocycles. The highest BCUT2D eigenvalue weighted by Gasteiger charge is 2.36. The minimum atomic E-state index is -4.77. The van der Waals surface area contributed by atoms with E-state index in [2.05, 4.69) is 5.32 Å². The molecule has 2 amide bonds. The highest BCUT2D eigenvalue weighted by molar-refractivity contribution is 7.92. The lowest BCUT2D eigenvalue weighted by Gasteiger charge is -2.34.